The molecule has 2 rings (SSSR count). The van der Waals surface area contributed by atoms with Crippen molar-refractivity contribution in [3.8, 4) is 0 Å². The number of carbonyl (C=O) groups excluding carboxylic acids is 1. The second kappa shape index (κ2) is 2.47. The lowest BCUT2D eigenvalue weighted by Crippen LogP contribution is -2.05. The van der Waals surface area contributed by atoms with Gasteiger partial charge in [0.25, 0.3) is 0 Å². The van der Waals surface area contributed by atoms with Gasteiger partial charge < -0.3 is 0 Å². The summed E-state index contributed by atoms with van der Waals surface area (Å²) >= 11 is 0. The average molecular weight is 150 g/mol. The van der Waals surface area contributed by atoms with Gasteiger partial charge in [0.05, 0.1) is 0 Å². The van der Waals surface area contributed by atoms with E-state index in [1.165, 1.54) is 30.4 Å². The van der Waals surface area contributed by atoms with E-state index >= 15 is 0 Å². The molecule has 2 aliphatic carbocycles. The van der Waals surface area contributed by atoms with Crippen molar-refractivity contribution in [3.63, 3.8) is 0 Å². The third-order valence-corrected chi connectivity index (χ3v) is 2.96. The van der Waals surface area contributed by atoms with Gasteiger partial charge in [-0.25, -0.2) is 0 Å². The van der Waals surface area contributed by atoms with Crippen molar-refractivity contribution in [2.75, 3.05) is 0 Å². The summed E-state index contributed by atoms with van der Waals surface area (Å²) in [5.74, 6) is 1.15. The molecule has 1 atom stereocenters. The van der Waals surface area contributed by atoms with Crippen LogP contribution in [0.1, 0.15) is 39.0 Å². The van der Waals surface area contributed by atoms with Crippen LogP contribution < -0.4 is 0 Å². The van der Waals surface area contributed by atoms with E-state index < -0.39 is 0 Å². The van der Waals surface area contributed by atoms with Gasteiger partial charge in [0.15, 0.2) is 0 Å². The number of allylic oxidation sites excluding steroid dienone is 2. The smallest absolute Gasteiger partial charge is 0.140 e. The summed E-state index contributed by atoms with van der Waals surface area (Å²) in [7, 11) is 0. The second-order valence-electron chi connectivity index (χ2n) is 3.81. The average Bonchev–Trinajstić information content (AvgIpc) is 2.31. The second-order valence-corrected chi connectivity index (χ2v) is 3.81. The van der Waals surface area contributed by atoms with Gasteiger partial charge in [-0.2, -0.15) is 0 Å². The monoisotopic (exact) mass is 150 g/mol. The van der Waals surface area contributed by atoms with Gasteiger partial charge >= 0.3 is 0 Å². The van der Waals surface area contributed by atoms with Crippen molar-refractivity contribution in [3.05, 3.63) is 11.1 Å². The van der Waals surface area contributed by atoms with E-state index in [-0.39, 0.29) is 0 Å². The molecule has 1 nitrogen and oxygen atoms in total. The number of hydrogen-bond donors (Lipinski definition) is 0. The van der Waals surface area contributed by atoms with E-state index in [9.17, 15) is 4.79 Å². The Labute approximate surface area is 67.5 Å². The summed E-state index contributed by atoms with van der Waals surface area (Å²) in [6, 6.07) is 0. The predicted molar refractivity (Wildman–Crippen MR) is 44.3 cm³/mol. The summed E-state index contributed by atoms with van der Waals surface area (Å²) in [5.41, 5.74) is 2.97. The van der Waals surface area contributed by atoms with Crippen molar-refractivity contribution >= 4 is 5.78 Å². The molecule has 0 spiro atoms. The molecule has 0 aromatic carbocycles. The molecule has 0 saturated carbocycles. The SMILES string of the molecule is C[C@@H]1CCCC2=C1CC(=O)C2. The summed E-state index contributed by atoms with van der Waals surface area (Å²) in [5, 5.41) is 0. The third-order valence-electron chi connectivity index (χ3n) is 2.96. The fourth-order valence-corrected chi connectivity index (χ4v) is 2.32. The first-order valence-electron chi connectivity index (χ1n) is 4.50. The number of ketones is 1. The highest BCUT2D eigenvalue weighted by Gasteiger charge is 2.27. The number of carbonyl (C=O) groups is 1. The number of Topliss-reactive ketones (excluding diaryl/α,β-unsaturated/α-hetero) is 1. The fraction of sp³-hybridized carbons (Fsp3) is 0.700. The van der Waals surface area contributed by atoms with Gasteiger partial charge in [-0.3, -0.25) is 4.79 Å². The highest BCUT2D eigenvalue weighted by molar-refractivity contribution is 5.87. The maximum atomic E-state index is 11.1. The molecule has 0 unspecified atom stereocenters. The van der Waals surface area contributed by atoms with E-state index in [1.54, 1.807) is 0 Å². The molecule has 0 amide bonds. The number of hydrogen-bond acceptors (Lipinski definition) is 1. The van der Waals surface area contributed by atoms with Crippen LogP contribution in [0.5, 0.6) is 0 Å². The molecular weight excluding hydrogens is 136 g/mol. The van der Waals surface area contributed by atoms with Crippen LogP contribution in [-0.4, -0.2) is 5.78 Å². The Morgan fingerprint density at radius 2 is 2.18 bits per heavy atom. The summed E-state index contributed by atoms with van der Waals surface area (Å²) in [4.78, 5) is 11.1. The first-order chi connectivity index (χ1) is 5.27. The maximum Gasteiger partial charge on any atom is 0.140 e. The van der Waals surface area contributed by atoms with Crippen molar-refractivity contribution in [2.24, 2.45) is 5.92 Å². The van der Waals surface area contributed by atoms with Gasteiger partial charge in [-0.05, 0) is 25.2 Å². The maximum absolute atomic E-state index is 11.1. The van der Waals surface area contributed by atoms with Crippen LogP contribution in [0.3, 0.4) is 0 Å². The van der Waals surface area contributed by atoms with Gasteiger partial charge in [0.1, 0.15) is 5.78 Å². The van der Waals surface area contributed by atoms with Gasteiger partial charge in [0, 0.05) is 12.8 Å². The summed E-state index contributed by atoms with van der Waals surface area (Å²) in [6.07, 6.45) is 5.35. The van der Waals surface area contributed by atoms with Crippen molar-refractivity contribution in [1.29, 1.82) is 0 Å². The van der Waals surface area contributed by atoms with Gasteiger partial charge in [0.2, 0.25) is 0 Å². The van der Waals surface area contributed by atoms with Crippen molar-refractivity contribution in [2.45, 2.75) is 39.0 Å². The molecule has 0 N–H and O–H groups in total. The Kier molecular flexibility index (Phi) is 1.59. The lowest BCUT2D eigenvalue weighted by atomic mass is 9.85. The van der Waals surface area contributed by atoms with Crippen LogP contribution in [0.25, 0.3) is 0 Å². The minimum absolute atomic E-state index is 0.448. The highest BCUT2D eigenvalue weighted by atomic mass is 16.1. The fourth-order valence-electron chi connectivity index (χ4n) is 2.32. The molecule has 0 aromatic heterocycles. The van der Waals surface area contributed by atoms with E-state index in [4.69, 9.17) is 0 Å². The van der Waals surface area contributed by atoms with E-state index in [2.05, 4.69) is 6.92 Å². The Hall–Kier alpha value is -0.590. The van der Waals surface area contributed by atoms with Gasteiger partial charge in [-0.1, -0.05) is 18.1 Å². The Balaban J connectivity index is 2.25. The third kappa shape index (κ3) is 1.13. The van der Waals surface area contributed by atoms with Crippen LogP contribution in [0, 0.1) is 5.92 Å². The van der Waals surface area contributed by atoms with Crippen molar-refractivity contribution < 1.29 is 4.79 Å². The largest absolute Gasteiger partial charge is 0.299 e. The normalized spacial score (nSPS) is 31.0. The standard InChI is InChI=1S/C10H14O/c1-7-3-2-4-8-5-9(11)6-10(7)8/h7H,2-6H2,1H3/t7-/m1/s1. The molecule has 0 saturated heterocycles. The molecule has 0 bridgehead atoms. The zero-order valence-corrected chi connectivity index (χ0v) is 7.02. The van der Waals surface area contributed by atoms with Crippen LogP contribution in [0.4, 0.5) is 0 Å². The Morgan fingerprint density at radius 3 is 2.91 bits per heavy atom. The quantitative estimate of drug-likeness (QED) is 0.485. The zero-order valence-electron chi connectivity index (χ0n) is 7.02. The Morgan fingerprint density at radius 1 is 1.36 bits per heavy atom. The van der Waals surface area contributed by atoms with Crippen LogP contribution in [-0.2, 0) is 4.79 Å². The summed E-state index contributed by atoms with van der Waals surface area (Å²) in [6.45, 7) is 2.26. The highest BCUT2D eigenvalue weighted by Crippen LogP contribution is 2.38. The lowest BCUT2D eigenvalue weighted by molar-refractivity contribution is -0.117. The molecule has 0 aliphatic heterocycles. The predicted octanol–water partition coefficient (Wildman–Crippen LogP) is 2.47. The molecule has 0 aromatic rings. The van der Waals surface area contributed by atoms with E-state index in [0.717, 1.165) is 12.8 Å². The van der Waals surface area contributed by atoms with Crippen LogP contribution in [0.15, 0.2) is 11.1 Å². The van der Waals surface area contributed by atoms with Crippen molar-refractivity contribution in [1.82, 2.24) is 0 Å². The molecule has 11 heavy (non-hydrogen) atoms. The lowest BCUT2D eigenvalue weighted by Gasteiger charge is -2.20. The minimum atomic E-state index is 0.448. The first-order valence-corrected chi connectivity index (χ1v) is 4.50. The minimum Gasteiger partial charge on any atom is -0.299 e. The topological polar surface area (TPSA) is 17.1 Å². The molecule has 0 fully saturated rings. The number of rotatable bonds is 0. The van der Waals surface area contributed by atoms with Gasteiger partial charge in [-0.15, -0.1) is 0 Å². The zero-order chi connectivity index (χ0) is 7.84. The molecule has 0 radical (unpaired) electrons. The molecule has 2 aliphatic rings. The van der Waals surface area contributed by atoms with E-state index in [1.807, 2.05) is 0 Å². The first kappa shape index (κ1) is 7.08. The van der Waals surface area contributed by atoms with Crippen LogP contribution in [0.2, 0.25) is 0 Å². The molecule has 0 heterocycles. The molecule has 1 heteroatoms. The Bertz CT molecular complexity index is 225. The summed E-state index contributed by atoms with van der Waals surface area (Å²) < 4.78 is 0. The molecule has 60 valence electrons. The van der Waals surface area contributed by atoms with E-state index in [0.29, 0.717) is 11.7 Å². The van der Waals surface area contributed by atoms with Crippen LogP contribution >= 0.6 is 0 Å². The molecular formula is C10H14O.